The molecule has 8 heteroatoms. The highest BCUT2D eigenvalue weighted by Crippen LogP contribution is 2.21. The van der Waals surface area contributed by atoms with Crippen LogP contribution in [0.5, 0.6) is 0 Å². The molecule has 4 aromatic rings. The third-order valence-corrected chi connectivity index (χ3v) is 5.28. The molecule has 0 aliphatic carbocycles. The first-order valence-electron chi connectivity index (χ1n) is 10.7. The number of benzene rings is 2. The van der Waals surface area contributed by atoms with Crippen LogP contribution >= 0.6 is 0 Å². The standard InChI is InChI=1S/C24H28FN7/c1-17(19-5-7-20(25)8-6-19)29-23-14-27-15-24(30-23)32-16-28-21-12-18(4-9-22(21)32)13-26-10-11-31(2)3/h4-9,12,14-17,26H,10-11,13H2,1-3H3,(H,29,30). The van der Waals surface area contributed by atoms with Crippen LogP contribution < -0.4 is 10.6 Å². The van der Waals surface area contributed by atoms with E-state index in [0.29, 0.717) is 11.6 Å². The van der Waals surface area contributed by atoms with Crippen molar-refractivity contribution in [2.75, 3.05) is 32.5 Å². The fourth-order valence-electron chi connectivity index (χ4n) is 3.48. The van der Waals surface area contributed by atoms with E-state index in [0.717, 1.165) is 36.2 Å². The Morgan fingerprint density at radius 2 is 1.91 bits per heavy atom. The van der Waals surface area contributed by atoms with Crippen LogP contribution in [0, 0.1) is 5.82 Å². The minimum atomic E-state index is -0.248. The molecule has 166 valence electrons. The van der Waals surface area contributed by atoms with E-state index in [2.05, 4.69) is 57.8 Å². The smallest absolute Gasteiger partial charge is 0.159 e. The highest BCUT2D eigenvalue weighted by Gasteiger charge is 2.10. The largest absolute Gasteiger partial charge is 0.362 e. The van der Waals surface area contributed by atoms with Crippen molar-refractivity contribution in [3.05, 3.63) is 78.1 Å². The Kier molecular flexibility index (Phi) is 6.72. The number of nitrogens with one attached hydrogen (secondary N) is 2. The first kappa shape index (κ1) is 21.9. The second kappa shape index (κ2) is 9.84. The van der Waals surface area contributed by atoms with Gasteiger partial charge in [-0.2, -0.15) is 0 Å². The highest BCUT2D eigenvalue weighted by atomic mass is 19.1. The number of imidazole rings is 1. The van der Waals surface area contributed by atoms with E-state index in [-0.39, 0.29) is 11.9 Å². The van der Waals surface area contributed by atoms with Gasteiger partial charge in [-0.05, 0) is 56.4 Å². The van der Waals surface area contributed by atoms with E-state index in [9.17, 15) is 4.39 Å². The second-order valence-corrected chi connectivity index (χ2v) is 8.10. The van der Waals surface area contributed by atoms with E-state index in [4.69, 9.17) is 4.98 Å². The van der Waals surface area contributed by atoms with Crippen LogP contribution in [0.2, 0.25) is 0 Å². The van der Waals surface area contributed by atoms with Gasteiger partial charge in [-0.15, -0.1) is 0 Å². The van der Waals surface area contributed by atoms with Crippen LogP contribution in [0.1, 0.15) is 24.1 Å². The van der Waals surface area contributed by atoms with Gasteiger partial charge in [0.2, 0.25) is 0 Å². The molecule has 32 heavy (non-hydrogen) atoms. The summed E-state index contributed by atoms with van der Waals surface area (Å²) in [6, 6.07) is 12.7. The van der Waals surface area contributed by atoms with Gasteiger partial charge in [0.1, 0.15) is 18.0 Å². The van der Waals surface area contributed by atoms with Crippen molar-refractivity contribution in [3.8, 4) is 5.82 Å². The van der Waals surface area contributed by atoms with Gasteiger partial charge in [-0.1, -0.05) is 18.2 Å². The Balaban J connectivity index is 1.48. The Hall–Kier alpha value is -3.36. The Morgan fingerprint density at radius 3 is 2.69 bits per heavy atom. The first-order valence-corrected chi connectivity index (χ1v) is 10.7. The first-order chi connectivity index (χ1) is 15.5. The van der Waals surface area contributed by atoms with Crippen molar-refractivity contribution < 1.29 is 4.39 Å². The maximum Gasteiger partial charge on any atom is 0.159 e. The zero-order valence-corrected chi connectivity index (χ0v) is 18.6. The second-order valence-electron chi connectivity index (χ2n) is 8.10. The maximum absolute atomic E-state index is 13.2. The molecule has 0 radical (unpaired) electrons. The molecule has 0 bridgehead atoms. The molecule has 1 atom stereocenters. The number of hydrogen-bond acceptors (Lipinski definition) is 6. The molecule has 2 aromatic carbocycles. The number of hydrogen-bond donors (Lipinski definition) is 2. The average molecular weight is 434 g/mol. The van der Waals surface area contributed by atoms with Crippen molar-refractivity contribution in [3.63, 3.8) is 0 Å². The molecule has 0 aliphatic rings. The summed E-state index contributed by atoms with van der Waals surface area (Å²) in [6.45, 7) is 4.74. The summed E-state index contributed by atoms with van der Waals surface area (Å²) in [6.07, 6.45) is 5.16. The van der Waals surface area contributed by atoms with Gasteiger partial charge >= 0.3 is 0 Å². The zero-order valence-electron chi connectivity index (χ0n) is 18.6. The lowest BCUT2D eigenvalue weighted by Crippen LogP contribution is -2.26. The number of likely N-dealkylation sites (N-methyl/N-ethyl adjacent to an activating group) is 1. The summed E-state index contributed by atoms with van der Waals surface area (Å²) >= 11 is 0. The van der Waals surface area contributed by atoms with Crippen molar-refractivity contribution >= 4 is 16.9 Å². The monoisotopic (exact) mass is 433 g/mol. The maximum atomic E-state index is 13.2. The van der Waals surface area contributed by atoms with E-state index >= 15 is 0 Å². The van der Waals surface area contributed by atoms with Gasteiger partial charge in [0.05, 0.1) is 23.4 Å². The summed E-state index contributed by atoms with van der Waals surface area (Å²) < 4.78 is 15.1. The van der Waals surface area contributed by atoms with Gasteiger partial charge in [0, 0.05) is 25.7 Å². The number of fused-ring (bicyclic) bond motifs is 1. The van der Waals surface area contributed by atoms with Crippen molar-refractivity contribution in [2.45, 2.75) is 19.5 Å². The molecule has 7 nitrogen and oxygen atoms in total. The number of nitrogens with zero attached hydrogens (tertiary/aromatic N) is 5. The fraction of sp³-hybridized carbons (Fsp3) is 0.292. The minimum absolute atomic E-state index is 0.0396. The van der Waals surface area contributed by atoms with E-state index in [1.807, 2.05) is 11.5 Å². The summed E-state index contributed by atoms with van der Waals surface area (Å²) in [7, 11) is 4.13. The predicted octanol–water partition coefficient (Wildman–Crippen LogP) is 3.78. The Labute approximate surface area is 187 Å². The Bertz CT molecular complexity index is 1170. The topological polar surface area (TPSA) is 70.9 Å². The molecule has 2 heterocycles. The fourth-order valence-corrected chi connectivity index (χ4v) is 3.48. The molecule has 0 saturated heterocycles. The predicted molar refractivity (Wildman–Crippen MR) is 125 cm³/mol. The summed E-state index contributed by atoms with van der Waals surface area (Å²) in [5.74, 6) is 1.07. The molecule has 4 rings (SSSR count). The van der Waals surface area contributed by atoms with E-state index in [1.54, 1.807) is 30.9 Å². The molecule has 0 amide bonds. The van der Waals surface area contributed by atoms with Gasteiger partial charge in [0.15, 0.2) is 5.82 Å². The molecular weight excluding hydrogens is 405 g/mol. The van der Waals surface area contributed by atoms with Gasteiger partial charge in [0.25, 0.3) is 0 Å². The van der Waals surface area contributed by atoms with E-state index < -0.39 is 0 Å². The van der Waals surface area contributed by atoms with Gasteiger partial charge < -0.3 is 15.5 Å². The third kappa shape index (κ3) is 5.27. The normalized spacial score (nSPS) is 12.4. The number of rotatable bonds is 9. The molecular formula is C24H28FN7. The van der Waals surface area contributed by atoms with Crippen LogP contribution in [0.25, 0.3) is 16.9 Å². The minimum Gasteiger partial charge on any atom is -0.362 e. The van der Waals surface area contributed by atoms with E-state index in [1.165, 1.54) is 17.7 Å². The third-order valence-electron chi connectivity index (χ3n) is 5.28. The molecule has 0 fully saturated rings. The molecule has 2 N–H and O–H groups in total. The highest BCUT2D eigenvalue weighted by molar-refractivity contribution is 5.77. The van der Waals surface area contributed by atoms with Crippen LogP contribution in [0.4, 0.5) is 10.2 Å². The SMILES string of the molecule is CC(Nc1cncc(-n2cnc3cc(CNCCN(C)C)ccc32)n1)c1ccc(F)cc1. The van der Waals surface area contributed by atoms with Crippen LogP contribution in [-0.4, -0.2) is 51.6 Å². The van der Waals surface area contributed by atoms with Crippen LogP contribution in [0.3, 0.4) is 0 Å². The molecule has 0 aliphatic heterocycles. The van der Waals surface area contributed by atoms with Crippen LogP contribution in [0.15, 0.2) is 61.2 Å². The molecule has 0 saturated carbocycles. The van der Waals surface area contributed by atoms with Gasteiger partial charge in [-0.3, -0.25) is 9.55 Å². The summed E-state index contributed by atoms with van der Waals surface area (Å²) in [5, 5.41) is 6.78. The van der Waals surface area contributed by atoms with Gasteiger partial charge in [-0.25, -0.2) is 14.4 Å². The lowest BCUT2D eigenvalue weighted by atomic mass is 10.1. The Morgan fingerprint density at radius 1 is 1.09 bits per heavy atom. The lowest BCUT2D eigenvalue weighted by Gasteiger charge is -2.15. The molecule has 2 aromatic heterocycles. The molecule has 1 unspecified atom stereocenters. The summed E-state index contributed by atoms with van der Waals surface area (Å²) in [5.41, 5.74) is 4.05. The average Bonchev–Trinajstić information content (AvgIpc) is 3.20. The van der Waals surface area contributed by atoms with Crippen LogP contribution in [-0.2, 0) is 6.54 Å². The molecule has 0 spiro atoms. The summed E-state index contributed by atoms with van der Waals surface area (Å²) in [4.78, 5) is 15.8. The van der Waals surface area contributed by atoms with Crippen molar-refractivity contribution in [1.29, 1.82) is 0 Å². The van der Waals surface area contributed by atoms with Crippen molar-refractivity contribution in [1.82, 2.24) is 29.7 Å². The number of aromatic nitrogens is 4. The number of halogens is 1. The quantitative estimate of drug-likeness (QED) is 0.392. The lowest BCUT2D eigenvalue weighted by molar-refractivity contribution is 0.400. The van der Waals surface area contributed by atoms with Crippen molar-refractivity contribution in [2.24, 2.45) is 0 Å². The number of anilines is 1. The zero-order chi connectivity index (χ0) is 22.5.